The van der Waals surface area contributed by atoms with Crippen molar-refractivity contribution in [3.8, 4) is 11.1 Å². The summed E-state index contributed by atoms with van der Waals surface area (Å²) in [4.78, 5) is 11.8. The standard InChI is InChI=1S/C19H22O/c1-4-14-10-11-17(12-15(14)5-2)16-8-7-9-18(13-16)19(20)6-3/h7-13H,4-6H2,1-3H3. The van der Waals surface area contributed by atoms with E-state index in [0.717, 1.165) is 24.0 Å². The molecule has 0 aliphatic heterocycles. The second-order valence-electron chi connectivity index (χ2n) is 5.05. The van der Waals surface area contributed by atoms with Crippen molar-refractivity contribution in [2.75, 3.05) is 0 Å². The van der Waals surface area contributed by atoms with Crippen molar-refractivity contribution < 1.29 is 4.79 Å². The predicted octanol–water partition coefficient (Wildman–Crippen LogP) is 5.07. The Kier molecular flexibility index (Phi) is 4.73. The lowest BCUT2D eigenvalue weighted by Gasteiger charge is -2.10. The molecule has 0 saturated heterocycles. The van der Waals surface area contributed by atoms with Crippen LogP contribution in [0.15, 0.2) is 42.5 Å². The molecule has 0 atom stereocenters. The van der Waals surface area contributed by atoms with Crippen LogP contribution < -0.4 is 0 Å². The molecule has 0 bridgehead atoms. The molecule has 0 fully saturated rings. The minimum Gasteiger partial charge on any atom is -0.294 e. The van der Waals surface area contributed by atoms with Gasteiger partial charge in [0.1, 0.15) is 0 Å². The molecule has 0 N–H and O–H groups in total. The SMILES string of the molecule is CCC(=O)c1cccc(-c2ccc(CC)c(CC)c2)c1. The number of carbonyl (C=O) groups excluding carboxylic acids is 1. The third-order valence-corrected chi connectivity index (χ3v) is 3.81. The van der Waals surface area contributed by atoms with Crippen LogP contribution in [0.25, 0.3) is 11.1 Å². The zero-order valence-corrected chi connectivity index (χ0v) is 12.6. The Hall–Kier alpha value is -1.89. The number of aryl methyl sites for hydroxylation is 2. The summed E-state index contributed by atoms with van der Waals surface area (Å²) >= 11 is 0. The number of carbonyl (C=O) groups is 1. The lowest BCUT2D eigenvalue weighted by atomic mass is 9.95. The molecule has 0 radical (unpaired) electrons. The van der Waals surface area contributed by atoms with Crippen LogP contribution in [-0.2, 0) is 12.8 Å². The van der Waals surface area contributed by atoms with Crippen LogP contribution in [0.1, 0.15) is 48.7 Å². The highest BCUT2D eigenvalue weighted by atomic mass is 16.1. The largest absolute Gasteiger partial charge is 0.294 e. The van der Waals surface area contributed by atoms with Crippen molar-refractivity contribution in [2.24, 2.45) is 0 Å². The second kappa shape index (κ2) is 6.51. The van der Waals surface area contributed by atoms with Gasteiger partial charge in [-0.25, -0.2) is 0 Å². The molecule has 1 nitrogen and oxygen atoms in total. The molecule has 0 amide bonds. The fourth-order valence-corrected chi connectivity index (χ4v) is 2.56. The molecule has 2 aromatic carbocycles. The number of hydrogen-bond donors (Lipinski definition) is 0. The third-order valence-electron chi connectivity index (χ3n) is 3.81. The molecular formula is C19H22O. The highest BCUT2D eigenvalue weighted by molar-refractivity contribution is 5.97. The number of Topliss-reactive ketones (excluding diaryl/α,β-unsaturated/α-hetero) is 1. The van der Waals surface area contributed by atoms with Crippen LogP contribution in [0.3, 0.4) is 0 Å². The molecule has 2 rings (SSSR count). The monoisotopic (exact) mass is 266 g/mol. The molecule has 0 aliphatic carbocycles. The molecule has 0 aliphatic rings. The molecule has 0 spiro atoms. The molecule has 0 heterocycles. The van der Waals surface area contributed by atoms with Gasteiger partial charge in [0, 0.05) is 12.0 Å². The Bertz CT molecular complexity index is 611. The number of ketones is 1. The summed E-state index contributed by atoms with van der Waals surface area (Å²) in [7, 11) is 0. The van der Waals surface area contributed by atoms with Crippen molar-refractivity contribution in [3.63, 3.8) is 0 Å². The minimum absolute atomic E-state index is 0.202. The van der Waals surface area contributed by atoms with E-state index in [0.29, 0.717) is 6.42 Å². The summed E-state index contributed by atoms with van der Waals surface area (Å²) in [6, 6.07) is 14.6. The summed E-state index contributed by atoms with van der Waals surface area (Å²) in [5.41, 5.74) is 5.95. The normalized spacial score (nSPS) is 10.6. The summed E-state index contributed by atoms with van der Waals surface area (Å²) < 4.78 is 0. The summed E-state index contributed by atoms with van der Waals surface area (Å²) in [5, 5.41) is 0. The Labute approximate surface area is 121 Å². The van der Waals surface area contributed by atoms with Crippen LogP contribution >= 0.6 is 0 Å². The Balaban J connectivity index is 2.43. The third kappa shape index (κ3) is 2.98. The van der Waals surface area contributed by atoms with Crippen LogP contribution in [0.2, 0.25) is 0 Å². The van der Waals surface area contributed by atoms with Crippen molar-refractivity contribution in [3.05, 3.63) is 59.2 Å². The van der Waals surface area contributed by atoms with Gasteiger partial charge >= 0.3 is 0 Å². The van der Waals surface area contributed by atoms with Crippen LogP contribution in [0.4, 0.5) is 0 Å². The van der Waals surface area contributed by atoms with E-state index in [9.17, 15) is 4.79 Å². The van der Waals surface area contributed by atoms with E-state index < -0.39 is 0 Å². The second-order valence-corrected chi connectivity index (χ2v) is 5.05. The first-order valence-electron chi connectivity index (χ1n) is 7.45. The van der Waals surface area contributed by atoms with Crippen molar-refractivity contribution >= 4 is 5.78 Å². The quantitative estimate of drug-likeness (QED) is 0.690. The van der Waals surface area contributed by atoms with Gasteiger partial charge in [-0.1, -0.05) is 57.2 Å². The Morgan fingerprint density at radius 1 is 0.850 bits per heavy atom. The van der Waals surface area contributed by atoms with E-state index in [1.807, 2.05) is 25.1 Å². The number of benzene rings is 2. The van der Waals surface area contributed by atoms with E-state index in [4.69, 9.17) is 0 Å². The topological polar surface area (TPSA) is 17.1 Å². The van der Waals surface area contributed by atoms with Crippen LogP contribution in [0, 0.1) is 0 Å². The van der Waals surface area contributed by atoms with Crippen LogP contribution in [-0.4, -0.2) is 5.78 Å². The molecule has 0 unspecified atom stereocenters. The summed E-state index contributed by atoms with van der Waals surface area (Å²) in [6.07, 6.45) is 2.67. The fourth-order valence-electron chi connectivity index (χ4n) is 2.56. The highest BCUT2D eigenvalue weighted by Crippen LogP contribution is 2.24. The maximum atomic E-state index is 11.8. The zero-order chi connectivity index (χ0) is 14.5. The van der Waals surface area contributed by atoms with E-state index in [2.05, 4.69) is 38.1 Å². The Morgan fingerprint density at radius 3 is 2.20 bits per heavy atom. The molecule has 1 heteroatoms. The molecule has 0 saturated carbocycles. The van der Waals surface area contributed by atoms with Gasteiger partial charge in [0.05, 0.1) is 0 Å². The molecule has 20 heavy (non-hydrogen) atoms. The van der Waals surface area contributed by atoms with Gasteiger partial charge in [0.15, 0.2) is 5.78 Å². The van der Waals surface area contributed by atoms with Gasteiger partial charge in [-0.05, 0) is 41.2 Å². The Morgan fingerprint density at radius 2 is 1.55 bits per heavy atom. The molecule has 2 aromatic rings. The lowest BCUT2D eigenvalue weighted by molar-refractivity contribution is 0.0988. The summed E-state index contributed by atoms with van der Waals surface area (Å²) in [5.74, 6) is 0.202. The summed E-state index contributed by atoms with van der Waals surface area (Å²) in [6.45, 7) is 6.28. The average Bonchev–Trinajstić information content (AvgIpc) is 2.53. The average molecular weight is 266 g/mol. The van der Waals surface area contributed by atoms with Crippen molar-refractivity contribution in [1.29, 1.82) is 0 Å². The van der Waals surface area contributed by atoms with Gasteiger partial charge in [-0.15, -0.1) is 0 Å². The number of hydrogen-bond acceptors (Lipinski definition) is 1. The van der Waals surface area contributed by atoms with Gasteiger partial charge in [0.25, 0.3) is 0 Å². The van der Waals surface area contributed by atoms with Crippen molar-refractivity contribution in [1.82, 2.24) is 0 Å². The van der Waals surface area contributed by atoms with E-state index >= 15 is 0 Å². The van der Waals surface area contributed by atoms with Crippen molar-refractivity contribution in [2.45, 2.75) is 40.0 Å². The fraction of sp³-hybridized carbons (Fsp3) is 0.316. The molecular weight excluding hydrogens is 244 g/mol. The van der Waals surface area contributed by atoms with E-state index in [-0.39, 0.29) is 5.78 Å². The van der Waals surface area contributed by atoms with Gasteiger partial charge < -0.3 is 0 Å². The maximum Gasteiger partial charge on any atom is 0.162 e. The lowest BCUT2D eigenvalue weighted by Crippen LogP contribution is -1.97. The van der Waals surface area contributed by atoms with E-state index in [1.165, 1.54) is 16.7 Å². The molecule has 104 valence electrons. The first kappa shape index (κ1) is 14.5. The first-order valence-corrected chi connectivity index (χ1v) is 7.45. The highest BCUT2D eigenvalue weighted by Gasteiger charge is 2.07. The van der Waals surface area contributed by atoms with Gasteiger partial charge in [0.2, 0.25) is 0 Å². The smallest absolute Gasteiger partial charge is 0.162 e. The van der Waals surface area contributed by atoms with Gasteiger partial charge in [-0.3, -0.25) is 4.79 Å². The molecule has 0 aromatic heterocycles. The van der Waals surface area contributed by atoms with Gasteiger partial charge in [-0.2, -0.15) is 0 Å². The number of rotatable bonds is 5. The maximum absolute atomic E-state index is 11.8. The predicted molar refractivity (Wildman–Crippen MR) is 85.3 cm³/mol. The van der Waals surface area contributed by atoms with E-state index in [1.54, 1.807) is 0 Å². The first-order chi connectivity index (χ1) is 9.69. The van der Waals surface area contributed by atoms with Crippen LogP contribution in [0.5, 0.6) is 0 Å². The minimum atomic E-state index is 0.202. The zero-order valence-electron chi connectivity index (χ0n) is 12.6.